The van der Waals surface area contributed by atoms with Crippen LogP contribution in [0.5, 0.6) is 5.88 Å². The summed E-state index contributed by atoms with van der Waals surface area (Å²) >= 11 is 0. The fourth-order valence-electron chi connectivity index (χ4n) is 2.99. The fourth-order valence-corrected chi connectivity index (χ4v) is 2.99. The summed E-state index contributed by atoms with van der Waals surface area (Å²) in [6, 6.07) is 6.88. The smallest absolute Gasteiger partial charge is 0.481 e. The predicted octanol–water partition coefficient (Wildman–Crippen LogP) is 2.54. The maximum Gasteiger partial charge on any atom is 0.737 e. The van der Waals surface area contributed by atoms with Gasteiger partial charge in [-0.3, -0.25) is 0 Å². The lowest BCUT2D eigenvalue weighted by Gasteiger charge is -2.30. The van der Waals surface area contributed by atoms with Crippen molar-refractivity contribution >= 4 is 18.8 Å². The first-order valence-corrected chi connectivity index (χ1v) is 6.87. The van der Waals surface area contributed by atoms with Crippen LogP contribution in [0.2, 0.25) is 0 Å². The van der Waals surface area contributed by atoms with Crippen molar-refractivity contribution in [2.75, 3.05) is 7.11 Å². The van der Waals surface area contributed by atoms with Crippen LogP contribution in [0.1, 0.15) is 11.3 Å². The van der Waals surface area contributed by atoms with Gasteiger partial charge in [0.25, 0.3) is 0 Å². The minimum atomic E-state index is -3.86. The van der Waals surface area contributed by atoms with Gasteiger partial charge in [0, 0.05) is 30.1 Å². The summed E-state index contributed by atoms with van der Waals surface area (Å²) in [4.78, 5) is 4.08. The molecule has 0 saturated carbocycles. The lowest BCUT2D eigenvalue weighted by molar-refractivity contribution is -0.356. The first-order chi connectivity index (χ1) is 10.6. The van der Waals surface area contributed by atoms with Crippen molar-refractivity contribution < 1.29 is 17.9 Å². The van der Waals surface area contributed by atoms with Gasteiger partial charge in [-0.1, -0.05) is 0 Å². The van der Waals surface area contributed by atoms with Crippen LogP contribution in [0.4, 0.5) is 8.63 Å². The molecule has 0 fully saturated rings. The Hall–Kier alpha value is -2.70. The maximum atomic E-state index is 14.6. The molecule has 0 bridgehead atoms. The molecule has 4 rings (SSSR count). The van der Waals surface area contributed by atoms with Gasteiger partial charge >= 0.3 is 6.97 Å². The van der Waals surface area contributed by atoms with Gasteiger partial charge in [0.15, 0.2) is 5.70 Å². The molecule has 4 nitrogen and oxygen atoms in total. The van der Waals surface area contributed by atoms with Crippen molar-refractivity contribution in [1.29, 1.82) is 0 Å². The van der Waals surface area contributed by atoms with Crippen LogP contribution in [-0.4, -0.2) is 34.2 Å². The Labute approximate surface area is 125 Å². The van der Waals surface area contributed by atoms with Crippen LogP contribution in [0.25, 0.3) is 5.57 Å². The van der Waals surface area contributed by atoms with E-state index >= 15 is 0 Å². The molecule has 0 atom stereocenters. The summed E-state index contributed by atoms with van der Waals surface area (Å²) in [7, 11) is 1.53. The molecular formula is C15H12BF2N3O. The summed E-state index contributed by atoms with van der Waals surface area (Å²) in [6.07, 6.45) is 7.78. The highest BCUT2D eigenvalue weighted by Gasteiger charge is 2.51. The fraction of sp³-hybridized carbons (Fsp3) is 0.0667. The topological polar surface area (TPSA) is 30.1 Å². The van der Waals surface area contributed by atoms with Crippen LogP contribution in [0.3, 0.4) is 0 Å². The molecule has 4 heterocycles. The minimum Gasteiger partial charge on any atom is -0.481 e. The zero-order valence-corrected chi connectivity index (χ0v) is 11.8. The summed E-state index contributed by atoms with van der Waals surface area (Å²) in [5.41, 5.74) is 2.51. The largest absolute Gasteiger partial charge is 0.737 e. The molecule has 0 N–H and O–H groups in total. The highest BCUT2D eigenvalue weighted by Crippen LogP contribution is 2.38. The Balaban J connectivity index is 2.02. The van der Waals surface area contributed by atoms with Crippen molar-refractivity contribution in [3.8, 4) is 5.88 Å². The maximum absolute atomic E-state index is 14.6. The van der Waals surface area contributed by atoms with E-state index < -0.39 is 6.97 Å². The molecule has 0 spiro atoms. The standard InChI is InChI=1S/C15H12BF2N3O/c1-22-14-10-11(6-7-19-14)15-12-4-2-8-20(12)16(17,18)21-9-3-5-13(15)21/h2-10H,1H3. The van der Waals surface area contributed by atoms with Gasteiger partial charge < -0.3 is 22.3 Å². The van der Waals surface area contributed by atoms with Gasteiger partial charge in [0.05, 0.1) is 12.7 Å². The van der Waals surface area contributed by atoms with Gasteiger partial charge in [0.2, 0.25) is 5.88 Å². The first kappa shape index (κ1) is 13.0. The van der Waals surface area contributed by atoms with Crippen LogP contribution in [0.15, 0.2) is 54.5 Å². The molecule has 2 aliphatic rings. The molecule has 0 unspecified atom stereocenters. The Morgan fingerprint density at radius 1 is 1.32 bits per heavy atom. The summed E-state index contributed by atoms with van der Waals surface area (Å²) in [5, 5.41) is 0. The summed E-state index contributed by atoms with van der Waals surface area (Å²) < 4.78 is 36.5. The molecule has 0 radical (unpaired) electrons. The lowest BCUT2D eigenvalue weighted by atomic mass is 9.87. The van der Waals surface area contributed by atoms with Gasteiger partial charge in [-0.15, -0.1) is 0 Å². The van der Waals surface area contributed by atoms with E-state index in [1.54, 1.807) is 42.6 Å². The molecule has 0 saturated heterocycles. The lowest BCUT2D eigenvalue weighted by Crippen LogP contribution is -2.49. The van der Waals surface area contributed by atoms with E-state index in [1.165, 1.54) is 19.5 Å². The highest BCUT2D eigenvalue weighted by atomic mass is 19.2. The van der Waals surface area contributed by atoms with Gasteiger partial charge in [-0.25, -0.2) is 4.98 Å². The third-order valence-electron chi connectivity index (χ3n) is 3.97. The van der Waals surface area contributed by atoms with E-state index in [-0.39, 0.29) is 0 Å². The molecule has 22 heavy (non-hydrogen) atoms. The molecule has 0 amide bonds. The average molecular weight is 299 g/mol. The van der Waals surface area contributed by atoms with E-state index in [9.17, 15) is 8.63 Å². The molecule has 7 heteroatoms. The second-order valence-corrected chi connectivity index (χ2v) is 5.15. The third-order valence-corrected chi connectivity index (χ3v) is 3.97. The number of methoxy groups -OCH3 is 1. The van der Waals surface area contributed by atoms with Gasteiger partial charge in [0.1, 0.15) is 6.21 Å². The van der Waals surface area contributed by atoms with Crippen molar-refractivity contribution in [3.63, 3.8) is 0 Å². The van der Waals surface area contributed by atoms with Crippen molar-refractivity contribution in [3.05, 3.63) is 65.8 Å². The second kappa shape index (κ2) is 4.40. The van der Waals surface area contributed by atoms with Crippen LogP contribution < -0.4 is 4.74 Å². The molecule has 110 valence electrons. The van der Waals surface area contributed by atoms with E-state index in [0.29, 0.717) is 17.3 Å². The molecule has 2 aliphatic heterocycles. The Morgan fingerprint density at radius 3 is 3.00 bits per heavy atom. The monoisotopic (exact) mass is 299 g/mol. The van der Waals surface area contributed by atoms with Crippen LogP contribution in [-0.2, 0) is 0 Å². The minimum absolute atomic E-state index is 0.448. The second-order valence-electron chi connectivity index (χ2n) is 5.15. The van der Waals surface area contributed by atoms with E-state index in [0.717, 1.165) is 20.1 Å². The van der Waals surface area contributed by atoms with E-state index in [2.05, 4.69) is 4.98 Å². The summed E-state index contributed by atoms with van der Waals surface area (Å²) in [5.74, 6) is 0.448. The number of ether oxygens (including phenoxy) is 1. The number of halogens is 2. The van der Waals surface area contributed by atoms with Gasteiger partial charge in [-0.2, -0.15) is 0 Å². The van der Waals surface area contributed by atoms with Gasteiger partial charge in [-0.05, 0) is 30.0 Å². The zero-order chi connectivity index (χ0) is 15.3. The number of nitrogens with zero attached hydrogens (tertiary/aromatic N) is 3. The van der Waals surface area contributed by atoms with Crippen LogP contribution >= 0.6 is 0 Å². The third kappa shape index (κ3) is 1.62. The number of rotatable bonds is 2. The molecule has 2 aromatic heterocycles. The van der Waals surface area contributed by atoms with Crippen molar-refractivity contribution in [2.45, 2.75) is 0 Å². The normalized spacial score (nSPS) is 18.0. The van der Waals surface area contributed by atoms with Crippen LogP contribution in [0, 0.1) is 0 Å². The quantitative estimate of drug-likeness (QED) is 0.798. The highest BCUT2D eigenvalue weighted by molar-refractivity contribution is 6.57. The predicted molar refractivity (Wildman–Crippen MR) is 80.1 cm³/mol. The number of allylic oxidation sites excluding steroid dienone is 2. The number of aromatic nitrogens is 2. The first-order valence-electron chi connectivity index (χ1n) is 6.87. The number of fused-ring (bicyclic) bond motifs is 2. The molecule has 0 aromatic carbocycles. The van der Waals surface area contributed by atoms with Crippen molar-refractivity contribution in [1.82, 2.24) is 9.46 Å². The molecule has 0 aliphatic carbocycles. The molecule has 2 aromatic rings. The SMILES string of the molecule is COc1cc(C2=C3C=CC=[N+]3[B-](F)(F)n3cccc32)ccn1. The van der Waals surface area contributed by atoms with Crippen molar-refractivity contribution in [2.24, 2.45) is 0 Å². The zero-order valence-electron chi connectivity index (χ0n) is 11.8. The molecular weight excluding hydrogens is 287 g/mol. The average Bonchev–Trinajstić information content (AvgIpc) is 3.17. The van der Waals surface area contributed by atoms with E-state index in [1.807, 2.05) is 0 Å². The Bertz CT molecular complexity index is 867. The number of hydrogen-bond acceptors (Lipinski definition) is 2. The number of pyridine rings is 1. The Kier molecular flexibility index (Phi) is 2.60. The van der Waals surface area contributed by atoms with E-state index in [4.69, 9.17) is 4.74 Å². The summed E-state index contributed by atoms with van der Waals surface area (Å²) in [6.45, 7) is -3.86. The Morgan fingerprint density at radius 2 is 2.18 bits per heavy atom. The number of hydrogen-bond donors (Lipinski definition) is 0.